The molecule has 1 saturated heterocycles. The lowest BCUT2D eigenvalue weighted by Gasteiger charge is -2.34. The number of nitrogens with zero attached hydrogens (tertiary/aromatic N) is 3. The first-order chi connectivity index (χ1) is 12.9. The molecule has 4 nitrogen and oxygen atoms in total. The average molecular weight is 366 g/mol. The second-order valence-electron chi connectivity index (χ2n) is 7.12. The molecule has 2 aromatic carbocycles. The maximum absolute atomic E-state index is 6.02. The van der Waals surface area contributed by atoms with Crippen molar-refractivity contribution in [3.05, 3.63) is 54.1 Å². The summed E-state index contributed by atoms with van der Waals surface area (Å²) >= 11 is 1.81. The lowest BCUT2D eigenvalue weighted by Crippen LogP contribution is -2.44. The third kappa shape index (κ3) is 3.06. The third-order valence-electron chi connectivity index (χ3n) is 5.46. The molecule has 5 rings (SSSR count). The Hall–Kier alpha value is -2.11. The van der Waals surface area contributed by atoms with Crippen LogP contribution >= 0.6 is 11.3 Å². The van der Waals surface area contributed by atoms with E-state index in [2.05, 4.69) is 58.3 Å². The predicted molar refractivity (Wildman–Crippen MR) is 107 cm³/mol. The van der Waals surface area contributed by atoms with Crippen molar-refractivity contribution in [3.63, 3.8) is 0 Å². The molecule has 1 unspecified atom stereocenters. The van der Waals surface area contributed by atoms with E-state index in [1.165, 1.54) is 21.8 Å². The highest BCUT2D eigenvalue weighted by Gasteiger charge is 2.27. The van der Waals surface area contributed by atoms with Gasteiger partial charge in [-0.25, -0.2) is 4.98 Å². The standard InChI is InChI=1S/C21H23N3OS/c1-3-8-19-16(6-1)14-17(15-25-19)23-10-5-11-24(13-12-23)21-22-18-7-2-4-9-20(18)26-21/h1-4,6-9,17H,5,10-15H2. The van der Waals surface area contributed by atoms with Gasteiger partial charge < -0.3 is 9.64 Å². The monoisotopic (exact) mass is 365 g/mol. The van der Waals surface area contributed by atoms with Crippen LogP contribution in [0.4, 0.5) is 5.13 Å². The second kappa shape index (κ2) is 6.89. The second-order valence-corrected chi connectivity index (χ2v) is 8.13. The Kier molecular flexibility index (Phi) is 4.27. The van der Waals surface area contributed by atoms with Crippen LogP contribution in [0.5, 0.6) is 5.75 Å². The first kappa shape index (κ1) is 16.1. The zero-order valence-electron chi connectivity index (χ0n) is 14.8. The molecular weight excluding hydrogens is 342 g/mol. The number of anilines is 1. The van der Waals surface area contributed by atoms with Gasteiger partial charge in [0, 0.05) is 32.2 Å². The lowest BCUT2D eigenvalue weighted by molar-refractivity contribution is 0.126. The van der Waals surface area contributed by atoms with Crippen molar-refractivity contribution >= 4 is 26.7 Å². The van der Waals surface area contributed by atoms with Gasteiger partial charge in [-0.05, 0) is 36.6 Å². The molecule has 0 radical (unpaired) electrons. The topological polar surface area (TPSA) is 28.6 Å². The van der Waals surface area contributed by atoms with E-state index in [1.54, 1.807) is 0 Å². The molecule has 2 aliphatic heterocycles. The molecule has 26 heavy (non-hydrogen) atoms. The van der Waals surface area contributed by atoms with Gasteiger partial charge in [0.2, 0.25) is 0 Å². The molecule has 1 atom stereocenters. The first-order valence-corrected chi connectivity index (χ1v) is 10.2. The minimum Gasteiger partial charge on any atom is -0.492 e. The van der Waals surface area contributed by atoms with Crippen LogP contribution in [-0.2, 0) is 6.42 Å². The number of benzene rings is 2. The quantitative estimate of drug-likeness (QED) is 0.690. The highest BCUT2D eigenvalue weighted by atomic mass is 32.1. The van der Waals surface area contributed by atoms with Gasteiger partial charge in [-0.3, -0.25) is 4.90 Å². The van der Waals surface area contributed by atoms with E-state index in [4.69, 9.17) is 9.72 Å². The number of aromatic nitrogens is 1. The van der Waals surface area contributed by atoms with Crippen LogP contribution in [0.3, 0.4) is 0 Å². The summed E-state index contributed by atoms with van der Waals surface area (Å²) in [5.74, 6) is 1.06. The van der Waals surface area contributed by atoms with Crippen molar-refractivity contribution in [2.75, 3.05) is 37.7 Å². The summed E-state index contributed by atoms with van der Waals surface area (Å²) in [6.45, 7) is 5.14. The molecular formula is C21H23N3OS. The third-order valence-corrected chi connectivity index (χ3v) is 6.56. The minimum atomic E-state index is 0.486. The van der Waals surface area contributed by atoms with Crippen molar-refractivity contribution in [1.82, 2.24) is 9.88 Å². The number of para-hydroxylation sites is 2. The number of fused-ring (bicyclic) bond motifs is 2. The summed E-state index contributed by atoms with van der Waals surface area (Å²) in [5, 5.41) is 1.17. The smallest absolute Gasteiger partial charge is 0.186 e. The van der Waals surface area contributed by atoms with Crippen molar-refractivity contribution in [2.45, 2.75) is 18.9 Å². The molecule has 0 aliphatic carbocycles. The molecule has 0 spiro atoms. The number of thiazole rings is 1. The van der Waals surface area contributed by atoms with Gasteiger partial charge in [0.1, 0.15) is 12.4 Å². The van der Waals surface area contributed by atoms with Crippen LogP contribution in [0, 0.1) is 0 Å². The van der Waals surface area contributed by atoms with Gasteiger partial charge in [-0.1, -0.05) is 41.7 Å². The van der Waals surface area contributed by atoms with Crippen LogP contribution in [0.15, 0.2) is 48.5 Å². The van der Waals surface area contributed by atoms with Crippen LogP contribution in [-0.4, -0.2) is 48.7 Å². The SMILES string of the molecule is c1ccc2c(c1)CC(N1CCCN(c3nc4ccccc4s3)CC1)CO2. The Morgan fingerprint density at radius 2 is 1.85 bits per heavy atom. The number of hydrogen-bond acceptors (Lipinski definition) is 5. The van der Waals surface area contributed by atoms with Crippen LogP contribution < -0.4 is 9.64 Å². The number of hydrogen-bond donors (Lipinski definition) is 0. The van der Waals surface area contributed by atoms with Crippen molar-refractivity contribution in [3.8, 4) is 5.75 Å². The van der Waals surface area contributed by atoms with Crippen LogP contribution in [0.25, 0.3) is 10.2 Å². The molecule has 5 heteroatoms. The molecule has 0 amide bonds. The fourth-order valence-corrected chi connectivity index (χ4v) is 5.05. The van der Waals surface area contributed by atoms with E-state index in [0.29, 0.717) is 6.04 Å². The molecule has 3 heterocycles. The van der Waals surface area contributed by atoms with Gasteiger partial charge in [-0.2, -0.15) is 0 Å². The number of rotatable bonds is 2. The van der Waals surface area contributed by atoms with E-state index in [0.717, 1.165) is 50.5 Å². The Balaban J connectivity index is 1.28. The molecule has 1 aromatic heterocycles. The normalized spacial score (nSPS) is 21.2. The zero-order chi connectivity index (χ0) is 17.3. The van der Waals surface area contributed by atoms with Crippen LogP contribution in [0.2, 0.25) is 0 Å². The van der Waals surface area contributed by atoms with Crippen molar-refractivity contribution in [1.29, 1.82) is 0 Å². The fourth-order valence-electron chi connectivity index (χ4n) is 4.04. The first-order valence-electron chi connectivity index (χ1n) is 9.42. The summed E-state index contributed by atoms with van der Waals surface area (Å²) in [6.07, 6.45) is 2.27. The minimum absolute atomic E-state index is 0.486. The Morgan fingerprint density at radius 1 is 0.962 bits per heavy atom. The van der Waals surface area contributed by atoms with E-state index >= 15 is 0 Å². The zero-order valence-corrected chi connectivity index (χ0v) is 15.6. The fraction of sp³-hybridized carbons (Fsp3) is 0.381. The summed E-state index contributed by atoms with van der Waals surface area (Å²) in [7, 11) is 0. The summed E-state index contributed by atoms with van der Waals surface area (Å²) < 4.78 is 7.29. The van der Waals surface area contributed by atoms with Gasteiger partial charge >= 0.3 is 0 Å². The van der Waals surface area contributed by atoms with Crippen molar-refractivity contribution < 1.29 is 4.74 Å². The summed E-state index contributed by atoms with van der Waals surface area (Å²) in [4.78, 5) is 9.92. The Labute approximate surface area is 158 Å². The van der Waals surface area contributed by atoms with Gasteiger partial charge in [0.05, 0.1) is 10.2 Å². The molecule has 0 bridgehead atoms. The van der Waals surface area contributed by atoms with E-state index in [1.807, 2.05) is 11.3 Å². The van der Waals surface area contributed by atoms with Gasteiger partial charge in [0.25, 0.3) is 0 Å². The largest absolute Gasteiger partial charge is 0.492 e. The highest BCUT2D eigenvalue weighted by Crippen LogP contribution is 2.30. The maximum atomic E-state index is 6.02. The maximum Gasteiger partial charge on any atom is 0.186 e. The average Bonchev–Trinajstić information content (AvgIpc) is 2.97. The molecule has 0 N–H and O–H groups in total. The van der Waals surface area contributed by atoms with Gasteiger partial charge in [0.15, 0.2) is 5.13 Å². The molecule has 2 aliphatic rings. The highest BCUT2D eigenvalue weighted by molar-refractivity contribution is 7.22. The molecule has 1 fully saturated rings. The lowest BCUT2D eigenvalue weighted by atomic mass is 10.0. The summed E-state index contributed by atoms with van der Waals surface area (Å²) in [6, 6.07) is 17.4. The molecule has 0 saturated carbocycles. The van der Waals surface area contributed by atoms with Gasteiger partial charge in [-0.15, -0.1) is 0 Å². The molecule has 3 aromatic rings. The van der Waals surface area contributed by atoms with Crippen LogP contribution in [0.1, 0.15) is 12.0 Å². The Morgan fingerprint density at radius 3 is 2.81 bits per heavy atom. The predicted octanol–water partition coefficient (Wildman–Crippen LogP) is 3.81. The van der Waals surface area contributed by atoms with E-state index in [-0.39, 0.29) is 0 Å². The number of ether oxygens (including phenoxy) is 1. The Bertz CT molecular complexity index is 876. The molecule has 134 valence electrons. The summed E-state index contributed by atoms with van der Waals surface area (Å²) in [5.41, 5.74) is 2.46. The van der Waals surface area contributed by atoms with E-state index in [9.17, 15) is 0 Å². The van der Waals surface area contributed by atoms with E-state index < -0.39 is 0 Å². The van der Waals surface area contributed by atoms with Crippen molar-refractivity contribution in [2.24, 2.45) is 0 Å².